The molecule has 0 radical (unpaired) electrons. The van der Waals surface area contributed by atoms with E-state index < -0.39 is 0 Å². The van der Waals surface area contributed by atoms with Gasteiger partial charge in [0.1, 0.15) is 22.6 Å². The van der Waals surface area contributed by atoms with Gasteiger partial charge in [-0.05, 0) is 12.1 Å². The number of aromatic nitrogens is 2. The molecule has 0 bridgehead atoms. The number of benzene rings is 2. The minimum absolute atomic E-state index is 0.226. The molecule has 2 heterocycles. The topological polar surface area (TPSA) is 77.2 Å². The van der Waals surface area contributed by atoms with Gasteiger partial charge in [-0.25, -0.2) is 4.98 Å². The second-order valence-electron chi connectivity index (χ2n) is 5.19. The lowest BCUT2D eigenvalue weighted by atomic mass is 10.1. The van der Waals surface area contributed by atoms with Crippen LogP contribution in [0.1, 0.15) is 10.5 Å². The van der Waals surface area contributed by atoms with Gasteiger partial charge in [-0.15, -0.1) is 0 Å². The molecule has 6 nitrogen and oxygen atoms in total. The van der Waals surface area contributed by atoms with Gasteiger partial charge in [-0.2, -0.15) is 0 Å². The molecular weight excluding hydrogens is 306 g/mol. The lowest BCUT2D eigenvalue weighted by Gasteiger charge is -2.09. The predicted octanol–water partition coefficient (Wildman–Crippen LogP) is 3.64. The second-order valence-corrected chi connectivity index (χ2v) is 5.19. The Kier molecular flexibility index (Phi) is 3.35. The van der Waals surface area contributed by atoms with Crippen molar-refractivity contribution >= 4 is 33.5 Å². The van der Waals surface area contributed by atoms with E-state index in [0.717, 1.165) is 16.4 Å². The largest absolute Gasteiger partial charge is 0.495 e. The number of anilines is 1. The molecule has 0 aliphatic carbocycles. The van der Waals surface area contributed by atoms with Crippen LogP contribution in [0, 0.1) is 0 Å². The Morgan fingerprint density at radius 1 is 1.12 bits per heavy atom. The van der Waals surface area contributed by atoms with Crippen molar-refractivity contribution in [2.75, 3.05) is 12.4 Å². The first kappa shape index (κ1) is 14.2. The molecule has 0 spiro atoms. The molecule has 1 N–H and O–H groups in total. The minimum Gasteiger partial charge on any atom is -0.495 e. The fraction of sp³-hybridized carbons (Fsp3) is 0.0556. The number of fused-ring (bicyclic) bond motifs is 3. The average Bonchev–Trinajstić information content (AvgIpc) is 2.99. The number of hydrogen-bond acceptors (Lipinski definition) is 5. The van der Waals surface area contributed by atoms with E-state index in [-0.39, 0.29) is 11.6 Å². The molecule has 6 heteroatoms. The quantitative estimate of drug-likeness (QED) is 0.624. The van der Waals surface area contributed by atoms with Crippen molar-refractivity contribution in [3.8, 4) is 5.75 Å². The van der Waals surface area contributed by atoms with Gasteiger partial charge in [0.2, 0.25) is 0 Å². The van der Waals surface area contributed by atoms with Crippen LogP contribution in [0.2, 0.25) is 0 Å². The van der Waals surface area contributed by atoms with Gasteiger partial charge < -0.3 is 14.5 Å². The van der Waals surface area contributed by atoms with E-state index in [2.05, 4.69) is 15.3 Å². The van der Waals surface area contributed by atoms with E-state index in [0.29, 0.717) is 17.0 Å². The van der Waals surface area contributed by atoms with Crippen molar-refractivity contribution in [2.24, 2.45) is 0 Å². The zero-order valence-corrected chi connectivity index (χ0v) is 12.8. The van der Waals surface area contributed by atoms with Crippen LogP contribution < -0.4 is 10.1 Å². The number of hydrogen-bond donors (Lipinski definition) is 1. The maximum atomic E-state index is 12.3. The van der Waals surface area contributed by atoms with Crippen molar-refractivity contribution in [2.45, 2.75) is 0 Å². The van der Waals surface area contributed by atoms with Gasteiger partial charge in [0.15, 0.2) is 0 Å². The number of nitrogens with one attached hydrogen (secondary N) is 1. The molecule has 2 aromatic carbocycles. The zero-order valence-electron chi connectivity index (χ0n) is 12.8. The Morgan fingerprint density at radius 3 is 2.79 bits per heavy atom. The predicted molar refractivity (Wildman–Crippen MR) is 90.3 cm³/mol. The highest BCUT2D eigenvalue weighted by Gasteiger charge is 2.15. The van der Waals surface area contributed by atoms with Gasteiger partial charge in [0.05, 0.1) is 19.0 Å². The number of para-hydroxylation sites is 1. The summed E-state index contributed by atoms with van der Waals surface area (Å²) in [7, 11) is 1.56. The normalized spacial score (nSPS) is 10.9. The van der Waals surface area contributed by atoms with Gasteiger partial charge in [0.25, 0.3) is 5.91 Å². The molecule has 2 aromatic heterocycles. The van der Waals surface area contributed by atoms with Crippen LogP contribution >= 0.6 is 0 Å². The molecule has 0 unspecified atom stereocenters. The zero-order chi connectivity index (χ0) is 16.5. The van der Waals surface area contributed by atoms with Crippen LogP contribution in [0.5, 0.6) is 5.75 Å². The van der Waals surface area contributed by atoms with Crippen LogP contribution in [0.15, 0.2) is 59.4 Å². The third-order valence-corrected chi connectivity index (χ3v) is 3.74. The molecule has 0 atom stereocenters. The van der Waals surface area contributed by atoms with E-state index in [4.69, 9.17) is 9.15 Å². The first-order valence-corrected chi connectivity index (χ1v) is 7.33. The number of rotatable bonds is 3. The summed E-state index contributed by atoms with van der Waals surface area (Å²) in [5.41, 5.74) is 2.20. The minimum atomic E-state index is -0.364. The number of carbonyl (C=O) groups is 1. The van der Waals surface area contributed by atoms with Crippen LogP contribution in [0.4, 0.5) is 5.69 Å². The van der Waals surface area contributed by atoms with Gasteiger partial charge in [-0.1, -0.05) is 18.2 Å². The number of nitrogens with zero attached hydrogens (tertiary/aromatic N) is 2. The van der Waals surface area contributed by atoms with E-state index in [1.807, 2.05) is 30.3 Å². The number of methoxy groups -OCH3 is 1. The fourth-order valence-corrected chi connectivity index (χ4v) is 2.62. The Bertz CT molecular complexity index is 1040. The molecule has 118 valence electrons. The Balaban J connectivity index is 1.80. The van der Waals surface area contributed by atoms with Gasteiger partial charge in [0, 0.05) is 29.2 Å². The number of ether oxygens (including phenoxy) is 1. The fourth-order valence-electron chi connectivity index (χ4n) is 2.62. The highest BCUT2D eigenvalue weighted by atomic mass is 16.5. The van der Waals surface area contributed by atoms with Crippen molar-refractivity contribution in [1.82, 2.24) is 9.97 Å². The monoisotopic (exact) mass is 319 g/mol. The summed E-state index contributed by atoms with van der Waals surface area (Å²) in [5, 5.41) is 4.72. The molecule has 0 aliphatic heterocycles. The Hall–Kier alpha value is -3.41. The van der Waals surface area contributed by atoms with E-state index in [1.165, 1.54) is 18.6 Å². The molecule has 0 saturated heterocycles. The second kappa shape index (κ2) is 5.66. The molecule has 0 fully saturated rings. The number of amides is 1. The molecule has 24 heavy (non-hydrogen) atoms. The number of furan rings is 1. The third-order valence-electron chi connectivity index (χ3n) is 3.74. The first-order valence-electron chi connectivity index (χ1n) is 7.33. The smallest absolute Gasteiger partial charge is 0.275 e. The maximum Gasteiger partial charge on any atom is 0.275 e. The molecular formula is C18H13N3O3. The molecule has 0 saturated carbocycles. The van der Waals surface area contributed by atoms with Crippen LogP contribution in [0.25, 0.3) is 21.9 Å². The summed E-state index contributed by atoms with van der Waals surface area (Å²) in [6.45, 7) is 0. The lowest BCUT2D eigenvalue weighted by molar-refractivity contribution is 0.102. The van der Waals surface area contributed by atoms with Crippen molar-refractivity contribution in [3.05, 3.63) is 60.7 Å². The lowest BCUT2D eigenvalue weighted by Crippen LogP contribution is -2.14. The molecule has 1 amide bonds. The van der Waals surface area contributed by atoms with Crippen LogP contribution in [0.3, 0.4) is 0 Å². The highest BCUT2D eigenvalue weighted by molar-refractivity contribution is 6.09. The molecule has 4 rings (SSSR count). The Labute approximate surface area is 137 Å². The van der Waals surface area contributed by atoms with Crippen LogP contribution in [-0.2, 0) is 0 Å². The SMILES string of the molecule is COc1cc2c(cc1NC(=O)c1cnccn1)oc1ccccc12. The first-order chi connectivity index (χ1) is 11.8. The summed E-state index contributed by atoms with van der Waals surface area (Å²) in [4.78, 5) is 20.2. The summed E-state index contributed by atoms with van der Waals surface area (Å²) in [5.74, 6) is 0.183. The van der Waals surface area contributed by atoms with E-state index >= 15 is 0 Å². The number of carbonyl (C=O) groups excluding carboxylic acids is 1. The Morgan fingerprint density at radius 2 is 2.00 bits per heavy atom. The molecule has 4 aromatic rings. The summed E-state index contributed by atoms with van der Waals surface area (Å²) in [6, 6.07) is 11.4. The summed E-state index contributed by atoms with van der Waals surface area (Å²) in [6.07, 6.45) is 4.38. The third kappa shape index (κ3) is 2.34. The summed E-state index contributed by atoms with van der Waals surface area (Å²) < 4.78 is 11.3. The van der Waals surface area contributed by atoms with Gasteiger partial charge in [-0.3, -0.25) is 9.78 Å². The highest BCUT2D eigenvalue weighted by Crippen LogP contribution is 2.36. The standard InChI is InChI=1S/C18H13N3O3/c1-23-17-8-12-11-4-2-3-5-15(11)24-16(12)9-13(17)21-18(22)14-10-19-6-7-20-14/h2-10H,1H3,(H,21,22). The molecule has 0 aliphatic rings. The van der Waals surface area contributed by atoms with Gasteiger partial charge >= 0.3 is 0 Å². The van der Waals surface area contributed by atoms with E-state index in [1.54, 1.807) is 13.2 Å². The summed E-state index contributed by atoms with van der Waals surface area (Å²) >= 11 is 0. The average molecular weight is 319 g/mol. The van der Waals surface area contributed by atoms with E-state index in [9.17, 15) is 4.79 Å². The van der Waals surface area contributed by atoms with Crippen molar-refractivity contribution in [3.63, 3.8) is 0 Å². The van der Waals surface area contributed by atoms with Crippen LogP contribution in [-0.4, -0.2) is 23.0 Å². The van der Waals surface area contributed by atoms with Crippen molar-refractivity contribution in [1.29, 1.82) is 0 Å². The van der Waals surface area contributed by atoms with Crippen molar-refractivity contribution < 1.29 is 13.9 Å². The maximum absolute atomic E-state index is 12.3.